The largest absolute Gasteiger partial charge is 0.270 e. The van der Waals surface area contributed by atoms with Crippen molar-refractivity contribution in [3.8, 4) is 0 Å². The van der Waals surface area contributed by atoms with Crippen molar-refractivity contribution in [1.82, 2.24) is 9.78 Å². The average molecular weight is 321 g/mol. The first-order valence-corrected chi connectivity index (χ1v) is 11.0. The summed E-state index contributed by atoms with van der Waals surface area (Å²) in [5, 5.41) is 7.60. The molecule has 0 fully saturated rings. The lowest BCUT2D eigenvalue weighted by molar-refractivity contribution is 0.630. The van der Waals surface area contributed by atoms with Crippen molar-refractivity contribution < 1.29 is 0 Å². The van der Waals surface area contributed by atoms with E-state index in [1.807, 2.05) is 0 Å². The molecule has 3 rings (SSSR count). The Morgan fingerprint density at radius 1 is 0.913 bits per heavy atom. The van der Waals surface area contributed by atoms with Crippen LogP contribution in [0.1, 0.15) is 18.3 Å². The fraction of sp³-hybridized carbons (Fsp3) is 0.250. The summed E-state index contributed by atoms with van der Waals surface area (Å²) < 4.78 is 2.16. The van der Waals surface area contributed by atoms with Crippen molar-refractivity contribution in [2.75, 3.05) is 0 Å². The second-order valence-electron chi connectivity index (χ2n) is 6.33. The minimum atomic E-state index is -1.84. The maximum absolute atomic E-state index is 4.64. The molecule has 1 aromatic heterocycles. The quantitative estimate of drug-likeness (QED) is 0.660. The molecule has 0 spiro atoms. The highest BCUT2D eigenvalue weighted by Gasteiger charge is 2.33. The van der Waals surface area contributed by atoms with Crippen LogP contribution in [0.2, 0.25) is 6.55 Å². The van der Waals surface area contributed by atoms with Gasteiger partial charge >= 0.3 is 0 Å². The van der Waals surface area contributed by atoms with Crippen LogP contribution >= 0.6 is 0 Å². The molecule has 23 heavy (non-hydrogen) atoms. The molecule has 0 amide bonds. The summed E-state index contributed by atoms with van der Waals surface area (Å²) in [6, 6.07) is 25.3. The van der Waals surface area contributed by atoms with E-state index in [0.29, 0.717) is 0 Å². The van der Waals surface area contributed by atoms with Crippen LogP contribution in [0, 0.1) is 6.92 Å². The number of nitrogens with zero attached hydrogens (tertiary/aromatic N) is 2. The van der Waals surface area contributed by atoms with Crippen LogP contribution in [-0.4, -0.2) is 17.9 Å². The number of aryl methyl sites for hydroxylation is 2. The van der Waals surface area contributed by atoms with Crippen LogP contribution in [0.4, 0.5) is 0 Å². The van der Waals surface area contributed by atoms with Crippen LogP contribution in [-0.2, 0) is 12.6 Å². The first kappa shape index (κ1) is 15.8. The van der Waals surface area contributed by atoms with Crippen molar-refractivity contribution in [2.24, 2.45) is 0 Å². The number of hydrogen-bond acceptors (Lipinski definition) is 1. The maximum atomic E-state index is 4.64. The molecule has 0 aliphatic rings. The smallest absolute Gasteiger partial charge is 0.120 e. The summed E-state index contributed by atoms with van der Waals surface area (Å²) in [6.45, 7) is 7.65. The monoisotopic (exact) mass is 320 g/mol. The van der Waals surface area contributed by atoms with Gasteiger partial charge in [-0.05, 0) is 26.0 Å². The topological polar surface area (TPSA) is 17.8 Å². The third-order valence-corrected chi connectivity index (χ3v) is 8.93. The lowest BCUT2D eigenvalue weighted by Gasteiger charge is -2.29. The van der Waals surface area contributed by atoms with Crippen LogP contribution < -0.4 is 10.4 Å². The van der Waals surface area contributed by atoms with Gasteiger partial charge in [0, 0.05) is 12.2 Å². The van der Waals surface area contributed by atoms with Gasteiger partial charge < -0.3 is 0 Å². The average Bonchev–Trinajstić information content (AvgIpc) is 2.95. The summed E-state index contributed by atoms with van der Waals surface area (Å²) in [7, 11) is -1.84. The minimum Gasteiger partial charge on any atom is -0.270 e. The highest BCUT2D eigenvalue weighted by atomic mass is 28.3. The first-order chi connectivity index (χ1) is 11.1. The highest BCUT2D eigenvalue weighted by molar-refractivity contribution is 7.00. The third kappa shape index (κ3) is 3.15. The van der Waals surface area contributed by atoms with E-state index in [2.05, 4.69) is 96.9 Å². The number of benzene rings is 2. The predicted molar refractivity (Wildman–Crippen MR) is 100 cm³/mol. The lowest BCUT2D eigenvalue weighted by Crippen LogP contribution is -2.58. The van der Waals surface area contributed by atoms with Gasteiger partial charge in [-0.2, -0.15) is 5.10 Å². The Labute approximate surface area is 139 Å². The molecule has 0 bridgehead atoms. The van der Waals surface area contributed by atoms with Crippen molar-refractivity contribution in [1.29, 1.82) is 0 Å². The van der Waals surface area contributed by atoms with E-state index in [0.717, 1.165) is 18.3 Å². The van der Waals surface area contributed by atoms with Gasteiger partial charge in [0.2, 0.25) is 0 Å². The molecule has 3 heteroatoms. The summed E-state index contributed by atoms with van der Waals surface area (Å²) >= 11 is 0. The molecule has 0 aliphatic carbocycles. The molecule has 2 nitrogen and oxygen atoms in total. The first-order valence-electron chi connectivity index (χ1n) is 8.28. The molecule has 118 valence electrons. The summed E-state index contributed by atoms with van der Waals surface area (Å²) in [5.74, 6) is 0. The molecule has 0 atom stereocenters. The van der Waals surface area contributed by atoms with Crippen molar-refractivity contribution in [2.45, 2.75) is 33.0 Å². The van der Waals surface area contributed by atoms with Crippen LogP contribution in [0.5, 0.6) is 0 Å². The van der Waals surface area contributed by atoms with Gasteiger partial charge in [-0.3, -0.25) is 4.68 Å². The summed E-state index contributed by atoms with van der Waals surface area (Å²) in [6.07, 6.45) is 0. The molecule has 0 saturated heterocycles. The number of hydrogen-bond donors (Lipinski definition) is 0. The zero-order valence-corrected chi connectivity index (χ0v) is 15.2. The Balaban J connectivity index is 2.09. The molecular formula is C20H24N2Si. The van der Waals surface area contributed by atoms with E-state index < -0.39 is 8.07 Å². The Hall–Kier alpha value is -2.13. The van der Waals surface area contributed by atoms with Crippen molar-refractivity contribution in [3.05, 3.63) is 78.1 Å². The number of aromatic nitrogens is 2. The molecule has 3 aromatic rings. The Kier molecular flexibility index (Phi) is 4.48. The second kappa shape index (κ2) is 6.55. The van der Waals surface area contributed by atoms with E-state index >= 15 is 0 Å². The zero-order valence-electron chi connectivity index (χ0n) is 14.2. The van der Waals surface area contributed by atoms with E-state index in [-0.39, 0.29) is 0 Å². The fourth-order valence-electron chi connectivity index (χ4n) is 3.36. The van der Waals surface area contributed by atoms with Crippen LogP contribution in [0.15, 0.2) is 66.7 Å². The van der Waals surface area contributed by atoms with E-state index in [9.17, 15) is 0 Å². The van der Waals surface area contributed by atoms with Crippen LogP contribution in [0.3, 0.4) is 0 Å². The van der Waals surface area contributed by atoms with Gasteiger partial charge in [0.05, 0.1) is 5.69 Å². The van der Waals surface area contributed by atoms with Crippen molar-refractivity contribution >= 4 is 18.4 Å². The summed E-state index contributed by atoms with van der Waals surface area (Å²) in [5.41, 5.74) is 2.46. The van der Waals surface area contributed by atoms with Crippen molar-refractivity contribution in [3.63, 3.8) is 0 Å². The van der Waals surface area contributed by atoms with E-state index in [1.54, 1.807) is 0 Å². The normalized spacial score (nSPS) is 11.6. The number of rotatable bonds is 5. The molecule has 2 aromatic carbocycles. The fourth-order valence-corrected chi connectivity index (χ4v) is 6.97. The Bertz CT molecular complexity index is 723. The molecule has 0 saturated carbocycles. The maximum Gasteiger partial charge on any atom is 0.120 e. The molecule has 1 heterocycles. The van der Waals surface area contributed by atoms with Gasteiger partial charge in [0.1, 0.15) is 8.07 Å². The Morgan fingerprint density at radius 2 is 1.43 bits per heavy atom. The highest BCUT2D eigenvalue weighted by Crippen LogP contribution is 2.15. The molecule has 0 aliphatic heterocycles. The molecule has 0 radical (unpaired) electrons. The minimum absolute atomic E-state index is 0.928. The molecular weight excluding hydrogens is 296 g/mol. The van der Waals surface area contributed by atoms with E-state index in [4.69, 9.17) is 0 Å². The van der Waals surface area contributed by atoms with Gasteiger partial charge in [-0.15, -0.1) is 0 Å². The van der Waals surface area contributed by atoms with E-state index in [1.165, 1.54) is 16.1 Å². The third-order valence-electron chi connectivity index (χ3n) is 4.64. The Morgan fingerprint density at radius 3 is 1.91 bits per heavy atom. The van der Waals surface area contributed by atoms with Crippen LogP contribution in [0.25, 0.3) is 0 Å². The standard InChI is InChI=1S/C20H24N2Si/c1-4-22-18(15-17(2)21-22)16-23(3,19-11-7-5-8-12-19)20-13-9-6-10-14-20/h5-15H,4,16H2,1-3H3. The van der Waals surface area contributed by atoms with Gasteiger partial charge in [-0.1, -0.05) is 77.6 Å². The summed E-state index contributed by atoms with van der Waals surface area (Å²) in [4.78, 5) is 0. The second-order valence-corrected chi connectivity index (χ2v) is 10.5. The lowest BCUT2D eigenvalue weighted by atomic mass is 10.4. The van der Waals surface area contributed by atoms with Gasteiger partial charge in [0.25, 0.3) is 0 Å². The SMILES string of the molecule is CCn1nc(C)cc1C[Si](C)(c1ccccc1)c1ccccc1. The zero-order chi connectivity index (χ0) is 16.3. The predicted octanol–water partition coefficient (Wildman–Crippen LogP) is 3.19. The van der Waals surface area contributed by atoms with Gasteiger partial charge in [0.15, 0.2) is 0 Å². The van der Waals surface area contributed by atoms with Gasteiger partial charge in [-0.25, -0.2) is 0 Å². The molecule has 0 N–H and O–H groups in total. The molecule has 0 unspecified atom stereocenters.